The second-order valence-electron chi connectivity index (χ2n) is 5.18. The maximum atomic E-state index is 9.37. The van der Waals surface area contributed by atoms with Crippen LogP contribution in [0.15, 0.2) is 18.2 Å². The molecular formula is C15H24N2O2. The zero-order valence-electron chi connectivity index (χ0n) is 11.5. The topological polar surface area (TPSA) is 58.7 Å². The van der Waals surface area contributed by atoms with Crippen molar-refractivity contribution < 1.29 is 9.84 Å². The van der Waals surface area contributed by atoms with E-state index < -0.39 is 0 Å². The molecule has 0 unspecified atom stereocenters. The van der Waals surface area contributed by atoms with E-state index in [1.165, 1.54) is 38.9 Å². The zero-order chi connectivity index (χ0) is 13.5. The summed E-state index contributed by atoms with van der Waals surface area (Å²) < 4.78 is 5.60. The Hall–Kier alpha value is -1.42. The fourth-order valence-electron chi connectivity index (χ4n) is 2.45. The quantitative estimate of drug-likeness (QED) is 0.471. The van der Waals surface area contributed by atoms with E-state index in [-0.39, 0.29) is 5.75 Å². The van der Waals surface area contributed by atoms with Gasteiger partial charge in [-0.25, -0.2) is 0 Å². The van der Waals surface area contributed by atoms with Crippen LogP contribution in [0.25, 0.3) is 0 Å². The minimum Gasteiger partial charge on any atom is -0.508 e. The van der Waals surface area contributed by atoms with E-state index in [1.807, 2.05) is 0 Å². The third-order valence-electron chi connectivity index (χ3n) is 3.57. The Morgan fingerprint density at radius 3 is 2.74 bits per heavy atom. The van der Waals surface area contributed by atoms with Gasteiger partial charge in [-0.3, -0.25) is 0 Å². The van der Waals surface area contributed by atoms with Gasteiger partial charge < -0.3 is 20.5 Å². The van der Waals surface area contributed by atoms with Crippen molar-refractivity contribution in [3.05, 3.63) is 18.2 Å². The van der Waals surface area contributed by atoms with Gasteiger partial charge in [0.05, 0.1) is 12.3 Å². The fourth-order valence-corrected chi connectivity index (χ4v) is 2.45. The van der Waals surface area contributed by atoms with E-state index in [0.29, 0.717) is 18.0 Å². The first-order chi connectivity index (χ1) is 9.25. The van der Waals surface area contributed by atoms with Crippen LogP contribution in [0.1, 0.15) is 32.1 Å². The van der Waals surface area contributed by atoms with Crippen molar-refractivity contribution in [3.63, 3.8) is 0 Å². The molecule has 4 heteroatoms. The highest BCUT2D eigenvalue weighted by Gasteiger charge is 2.09. The lowest BCUT2D eigenvalue weighted by Gasteiger charge is -2.26. The van der Waals surface area contributed by atoms with Gasteiger partial charge in [0, 0.05) is 6.07 Å². The number of anilines is 1. The van der Waals surface area contributed by atoms with Gasteiger partial charge in [-0.15, -0.1) is 0 Å². The van der Waals surface area contributed by atoms with Crippen LogP contribution in [0.2, 0.25) is 0 Å². The lowest BCUT2D eigenvalue weighted by Crippen LogP contribution is -2.30. The average Bonchev–Trinajstić information content (AvgIpc) is 2.43. The molecule has 3 N–H and O–H groups in total. The van der Waals surface area contributed by atoms with Gasteiger partial charge in [-0.05, 0) is 57.5 Å². The summed E-state index contributed by atoms with van der Waals surface area (Å²) in [5.74, 6) is 0.774. The molecule has 1 aliphatic heterocycles. The van der Waals surface area contributed by atoms with Gasteiger partial charge >= 0.3 is 0 Å². The molecule has 1 saturated heterocycles. The third kappa shape index (κ3) is 4.63. The number of hydrogen-bond donors (Lipinski definition) is 2. The van der Waals surface area contributed by atoms with Crippen molar-refractivity contribution in [2.75, 3.05) is 32.0 Å². The molecule has 4 nitrogen and oxygen atoms in total. The standard InChI is InChI=1S/C15H24N2O2/c16-14-7-6-13(18)12-15(14)19-11-5-4-10-17-8-2-1-3-9-17/h6-7,12,18H,1-5,8-11,16H2. The summed E-state index contributed by atoms with van der Waals surface area (Å²) in [7, 11) is 0. The van der Waals surface area contributed by atoms with Crippen LogP contribution in [-0.2, 0) is 0 Å². The molecule has 0 bridgehead atoms. The third-order valence-corrected chi connectivity index (χ3v) is 3.57. The smallest absolute Gasteiger partial charge is 0.145 e. The maximum Gasteiger partial charge on any atom is 0.145 e. The van der Waals surface area contributed by atoms with Crippen LogP contribution in [0, 0.1) is 0 Å². The number of unbranched alkanes of at least 4 members (excludes halogenated alkanes) is 1. The monoisotopic (exact) mass is 264 g/mol. The molecule has 1 heterocycles. The van der Waals surface area contributed by atoms with Gasteiger partial charge in [0.25, 0.3) is 0 Å². The Morgan fingerprint density at radius 2 is 1.95 bits per heavy atom. The molecule has 0 spiro atoms. The number of phenols is 1. The highest BCUT2D eigenvalue weighted by molar-refractivity contribution is 5.55. The Morgan fingerprint density at radius 1 is 1.16 bits per heavy atom. The molecule has 0 radical (unpaired) electrons. The number of phenolic OH excluding ortho intramolecular Hbond substituents is 1. The van der Waals surface area contributed by atoms with Crippen molar-refractivity contribution in [2.45, 2.75) is 32.1 Å². The molecule has 106 valence electrons. The summed E-state index contributed by atoms with van der Waals surface area (Å²) in [5.41, 5.74) is 6.35. The van der Waals surface area contributed by atoms with Gasteiger partial charge in [0.1, 0.15) is 11.5 Å². The minimum atomic E-state index is 0.192. The molecule has 1 fully saturated rings. The highest BCUT2D eigenvalue weighted by Crippen LogP contribution is 2.26. The molecule has 0 aromatic heterocycles. The van der Waals surface area contributed by atoms with Crippen molar-refractivity contribution >= 4 is 5.69 Å². The van der Waals surface area contributed by atoms with Gasteiger partial charge in [-0.1, -0.05) is 6.42 Å². The van der Waals surface area contributed by atoms with E-state index in [1.54, 1.807) is 18.2 Å². The van der Waals surface area contributed by atoms with Crippen LogP contribution < -0.4 is 10.5 Å². The van der Waals surface area contributed by atoms with Crippen LogP contribution in [-0.4, -0.2) is 36.2 Å². The largest absolute Gasteiger partial charge is 0.508 e. The van der Waals surface area contributed by atoms with Gasteiger partial charge in [0.2, 0.25) is 0 Å². The molecular weight excluding hydrogens is 240 g/mol. The second-order valence-corrected chi connectivity index (χ2v) is 5.18. The number of nitrogens with two attached hydrogens (primary N) is 1. The molecule has 0 saturated carbocycles. The molecule has 0 aliphatic carbocycles. The summed E-state index contributed by atoms with van der Waals surface area (Å²) in [6.45, 7) is 4.32. The lowest BCUT2D eigenvalue weighted by molar-refractivity contribution is 0.216. The number of hydrogen-bond acceptors (Lipinski definition) is 4. The Bertz CT molecular complexity index is 390. The first-order valence-electron chi connectivity index (χ1n) is 7.19. The molecule has 1 aliphatic rings. The zero-order valence-corrected chi connectivity index (χ0v) is 11.5. The van der Waals surface area contributed by atoms with E-state index >= 15 is 0 Å². The van der Waals surface area contributed by atoms with Crippen molar-refractivity contribution in [1.29, 1.82) is 0 Å². The Kier molecular flexibility index (Phi) is 5.33. The first kappa shape index (κ1) is 14.0. The number of piperidine rings is 1. The van der Waals surface area contributed by atoms with Crippen molar-refractivity contribution in [1.82, 2.24) is 4.90 Å². The number of aromatic hydroxyl groups is 1. The highest BCUT2D eigenvalue weighted by atomic mass is 16.5. The van der Waals surface area contributed by atoms with E-state index in [0.717, 1.165) is 12.8 Å². The molecule has 0 amide bonds. The Labute approximate surface area is 115 Å². The minimum absolute atomic E-state index is 0.192. The summed E-state index contributed by atoms with van der Waals surface area (Å²) in [5, 5.41) is 9.37. The predicted octanol–water partition coefficient (Wildman–Crippen LogP) is 2.62. The number of benzene rings is 1. The molecule has 0 atom stereocenters. The maximum absolute atomic E-state index is 9.37. The molecule has 19 heavy (non-hydrogen) atoms. The van der Waals surface area contributed by atoms with E-state index in [4.69, 9.17) is 10.5 Å². The van der Waals surface area contributed by atoms with E-state index in [2.05, 4.69) is 4.90 Å². The average molecular weight is 264 g/mol. The first-order valence-corrected chi connectivity index (χ1v) is 7.19. The summed E-state index contributed by atoms with van der Waals surface area (Å²) in [6, 6.07) is 4.80. The number of nitrogen functional groups attached to an aromatic ring is 1. The number of rotatable bonds is 6. The summed E-state index contributed by atoms with van der Waals surface area (Å²) in [6.07, 6.45) is 6.24. The van der Waals surface area contributed by atoms with Crippen LogP contribution in [0.5, 0.6) is 11.5 Å². The SMILES string of the molecule is Nc1ccc(O)cc1OCCCCN1CCCCC1. The normalized spacial score (nSPS) is 16.4. The predicted molar refractivity (Wildman–Crippen MR) is 77.5 cm³/mol. The second kappa shape index (κ2) is 7.24. The van der Waals surface area contributed by atoms with Crippen LogP contribution in [0.3, 0.4) is 0 Å². The molecule has 1 aromatic carbocycles. The van der Waals surface area contributed by atoms with Gasteiger partial charge in [-0.2, -0.15) is 0 Å². The molecule has 1 aromatic rings. The number of likely N-dealkylation sites (tertiary alicyclic amines) is 1. The lowest BCUT2D eigenvalue weighted by atomic mass is 10.1. The summed E-state index contributed by atoms with van der Waals surface area (Å²) in [4.78, 5) is 2.53. The molecule has 2 rings (SSSR count). The van der Waals surface area contributed by atoms with Crippen molar-refractivity contribution in [2.24, 2.45) is 0 Å². The van der Waals surface area contributed by atoms with E-state index in [9.17, 15) is 5.11 Å². The van der Waals surface area contributed by atoms with Gasteiger partial charge in [0.15, 0.2) is 0 Å². The number of nitrogens with zero attached hydrogens (tertiary/aromatic N) is 1. The summed E-state index contributed by atoms with van der Waals surface area (Å²) >= 11 is 0. The Balaban J connectivity index is 1.62. The number of ether oxygens (including phenoxy) is 1. The fraction of sp³-hybridized carbons (Fsp3) is 0.600. The van der Waals surface area contributed by atoms with Crippen LogP contribution >= 0.6 is 0 Å². The van der Waals surface area contributed by atoms with Crippen molar-refractivity contribution in [3.8, 4) is 11.5 Å². The van der Waals surface area contributed by atoms with Crippen LogP contribution in [0.4, 0.5) is 5.69 Å².